The molecular weight excluding hydrogens is 514 g/mol. The lowest BCUT2D eigenvalue weighted by Gasteiger charge is -2.35. The normalized spacial score (nSPS) is 14.9. The van der Waals surface area contributed by atoms with E-state index in [1.807, 2.05) is 24.3 Å². The Kier molecular flexibility index (Phi) is 10.6. The van der Waals surface area contributed by atoms with Gasteiger partial charge in [-0.3, -0.25) is 0 Å². The predicted molar refractivity (Wildman–Crippen MR) is 160 cm³/mol. The summed E-state index contributed by atoms with van der Waals surface area (Å²) < 4.78 is 5.14. The second-order valence-corrected chi connectivity index (χ2v) is 11.0. The number of likely N-dealkylation sites (N-methyl/N-ethyl adjacent to an activating group) is 1. The van der Waals surface area contributed by atoms with Crippen LogP contribution in [0.1, 0.15) is 33.1 Å². The van der Waals surface area contributed by atoms with Crippen molar-refractivity contribution in [1.82, 2.24) is 24.8 Å². The Morgan fingerprint density at radius 3 is 2.62 bits per heavy atom. The average Bonchev–Trinajstić information content (AvgIpc) is 3.38. The molecule has 1 aromatic carbocycles. The number of hydrogen-bond acceptors (Lipinski definition) is 8. The van der Waals surface area contributed by atoms with Gasteiger partial charge in [-0.2, -0.15) is 0 Å². The van der Waals surface area contributed by atoms with Crippen molar-refractivity contribution in [1.29, 1.82) is 0 Å². The van der Waals surface area contributed by atoms with E-state index in [0.29, 0.717) is 29.3 Å². The number of carbonyl (C=O) groups is 1. The number of aldehydes is 1. The van der Waals surface area contributed by atoms with Crippen molar-refractivity contribution in [3.63, 3.8) is 0 Å². The first-order valence-corrected chi connectivity index (χ1v) is 14.3. The van der Waals surface area contributed by atoms with Crippen LogP contribution >= 0.6 is 11.6 Å². The molecule has 0 spiro atoms. The van der Waals surface area contributed by atoms with Crippen molar-refractivity contribution >= 4 is 40.4 Å². The molecule has 2 aromatic heterocycles. The summed E-state index contributed by atoms with van der Waals surface area (Å²) in [7, 11) is 3.82. The van der Waals surface area contributed by atoms with Gasteiger partial charge in [-0.1, -0.05) is 11.6 Å². The number of methoxy groups -OCH3 is 1. The third-order valence-electron chi connectivity index (χ3n) is 7.52. The Labute approximate surface area is 236 Å². The zero-order valence-corrected chi connectivity index (χ0v) is 24.4. The summed E-state index contributed by atoms with van der Waals surface area (Å²) in [6.45, 7) is 10.3. The van der Waals surface area contributed by atoms with Crippen LogP contribution in [0, 0.1) is 0 Å². The van der Waals surface area contributed by atoms with Gasteiger partial charge in [-0.25, -0.2) is 9.97 Å². The van der Waals surface area contributed by atoms with Crippen molar-refractivity contribution < 1.29 is 9.53 Å². The molecule has 0 atom stereocenters. The number of H-pyrrole nitrogens is 1. The second kappa shape index (κ2) is 14.1. The number of aromatic nitrogens is 3. The first-order valence-electron chi connectivity index (χ1n) is 13.9. The van der Waals surface area contributed by atoms with E-state index < -0.39 is 0 Å². The summed E-state index contributed by atoms with van der Waals surface area (Å²) in [6, 6.07) is 9.07. The van der Waals surface area contributed by atoms with Crippen molar-refractivity contribution in [2.45, 2.75) is 45.2 Å². The zero-order chi connectivity index (χ0) is 27.8. The number of fused-ring (bicyclic) bond motifs is 1. The number of rotatable bonds is 14. The molecule has 0 aliphatic carbocycles. The number of benzene rings is 1. The first kappa shape index (κ1) is 29.3. The van der Waals surface area contributed by atoms with E-state index in [2.05, 4.69) is 50.9 Å². The van der Waals surface area contributed by atoms with Gasteiger partial charge in [0, 0.05) is 69.8 Å². The number of ether oxygens (including phenoxy) is 1. The molecule has 9 nitrogen and oxygen atoms in total. The van der Waals surface area contributed by atoms with Crippen molar-refractivity contribution in [2.75, 3.05) is 70.2 Å². The Morgan fingerprint density at radius 1 is 1.21 bits per heavy atom. The van der Waals surface area contributed by atoms with E-state index in [1.165, 1.54) is 0 Å². The van der Waals surface area contributed by atoms with Gasteiger partial charge in [0.25, 0.3) is 0 Å². The monoisotopic (exact) mass is 555 g/mol. The van der Waals surface area contributed by atoms with Gasteiger partial charge in [-0.05, 0) is 64.4 Å². The summed E-state index contributed by atoms with van der Waals surface area (Å²) in [5.41, 5.74) is 4.29. The molecule has 10 heteroatoms. The first-order chi connectivity index (χ1) is 18.9. The standard InChI is InChI=1S/C29H42ClN7O2/c1-21(2)36-13-10-23(11-14-36)32-26-25(30)20-31-29-27(26)33-28(34-29)22-6-8-24(9-7-22)37(17-18-38)16-15-35(3)12-5-19-39-4/h6-9,18,20-21,23H,5,10-17,19H2,1-4H3,(H2,31,32,33,34). The lowest BCUT2D eigenvalue weighted by molar-refractivity contribution is -0.106. The van der Waals surface area contributed by atoms with Crippen LogP contribution in [-0.2, 0) is 9.53 Å². The number of piperidine rings is 1. The lowest BCUT2D eigenvalue weighted by Crippen LogP contribution is -2.42. The Morgan fingerprint density at radius 2 is 1.95 bits per heavy atom. The summed E-state index contributed by atoms with van der Waals surface area (Å²) in [5.74, 6) is 0.740. The molecule has 4 rings (SSSR count). The van der Waals surface area contributed by atoms with E-state index >= 15 is 0 Å². The van der Waals surface area contributed by atoms with Crippen molar-refractivity contribution in [3.05, 3.63) is 35.5 Å². The van der Waals surface area contributed by atoms with Gasteiger partial charge in [0.2, 0.25) is 0 Å². The minimum Gasteiger partial charge on any atom is -0.385 e. The number of hydrogen-bond donors (Lipinski definition) is 2. The minimum atomic E-state index is 0.351. The van der Waals surface area contributed by atoms with Crippen molar-refractivity contribution in [3.8, 4) is 11.4 Å². The van der Waals surface area contributed by atoms with Gasteiger partial charge < -0.3 is 34.5 Å². The van der Waals surface area contributed by atoms with Crippen molar-refractivity contribution in [2.24, 2.45) is 0 Å². The molecule has 0 radical (unpaired) electrons. The number of aromatic amines is 1. The third-order valence-corrected chi connectivity index (χ3v) is 7.81. The van der Waals surface area contributed by atoms with Crippen LogP contribution < -0.4 is 10.2 Å². The van der Waals surface area contributed by atoms with Crippen LogP contribution in [-0.4, -0.2) is 103 Å². The van der Waals surface area contributed by atoms with Crippen LogP contribution in [0.25, 0.3) is 22.6 Å². The molecule has 2 N–H and O–H groups in total. The van der Waals surface area contributed by atoms with Gasteiger partial charge in [0.05, 0.1) is 23.5 Å². The summed E-state index contributed by atoms with van der Waals surface area (Å²) in [6.07, 6.45) is 5.76. The number of likely N-dealkylation sites (tertiary alicyclic amines) is 1. The average molecular weight is 556 g/mol. The van der Waals surface area contributed by atoms with Crippen LogP contribution in [0.3, 0.4) is 0 Å². The highest BCUT2D eigenvalue weighted by molar-refractivity contribution is 6.34. The molecule has 0 bridgehead atoms. The fraction of sp³-hybridized carbons (Fsp3) is 0.552. The molecule has 0 amide bonds. The zero-order valence-electron chi connectivity index (χ0n) is 23.6. The largest absolute Gasteiger partial charge is 0.385 e. The van der Waals surface area contributed by atoms with E-state index in [-0.39, 0.29) is 0 Å². The molecule has 3 heterocycles. The number of imidazole rings is 1. The van der Waals surface area contributed by atoms with Crippen LogP contribution in [0.5, 0.6) is 0 Å². The van der Waals surface area contributed by atoms with Gasteiger partial charge in [0.15, 0.2) is 5.65 Å². The highest BCUT2D eigenvalue weighted by Gasteiger charge is 2.23. The Hall–Kier alpha value is -2.72. The van der Waals surface area contributed by atoms with E-state index in [1.54, 1.807) is 13.3 Å². The number of nitrogens with one attached hydrogen (secondary N) is 2. The molecule has 0 unspecified atom stereocenters. The van der Waals surface area contributed by atoms with Gasteiger partial charge in [-0.15, -0.1) is 0 Å². The number of carbonyl (C=O) groups excluding carboxylic acids is 1. The van der Waals surface area contributed by atoms with E-state index in [9.17, 15) is 4.79 Å². The SMILES string of the molecule is COCCCN(C)CCN(CC=O)c1ccc(-c2nc3ncc(Cl)c(NC4CCN(C(C)C)CC4)c3[nH]2)cc1. The Bertz CT molecular complexity index is 1190. The quantitative estimate of drug-likeness (QED) is 0.221. The Balaban J connectivity index is 1.45. The predicted octanol–water partition coefficient (Wildman–Crippen LogP) is 4.54. The number of pyridine rings is 1. The molecule has 1 saturated heterocycles. The van der Waals surface area contributed by atoms with E-state index in [0.717, 1.165) is 93.2 Å². The van der Waals surface area contributed by atoms with Crippen LogP contribution in [0.2, 0.25) is 5.02 Å². The molecule has 0 saturated carbocycles. The van der Waals surface area contributed by atoms with Gasteiger partial charge >= 0.3 is 0 Å². The molecule has 1 fully saturated rings. The summed E-state index contributed by atoms with van der Waals surface area (Å²) in [5, 5.41) is 4.27. The fourth-order valence-corrected chi connectivity index (χ4v) is 5.30. The highest BCUT2D eigenvalue weighted by Crippen LogP contribution is 2.32. The smallest absolute Gasteiger partial charge is 0.180 e. The van der Waals surface area contributed by atoms with Crippen LogP contribution in [0.15, 0.2) is 30.5 Å². The second-order valence-electron chi connectivity index (χ2n) is 10.6. The minimum absolute atomic E-state index is 0.351. The fourth-order valence-electron chi connectivity index (χ4n) is 5.10. The lowest BCUT2D eigenvalue weighted by atomic mass is 10.0. The number of halogens is 1. The number of anilines is 2. The molecule has 3 aromatic rings. The summed E-state index contributed by atoms with van der Waals surface area (Å²) >= 11 is 6.60. The third kappa shape index (κ3) is 7.69. The topological polar surface area (TPSA) is 89.6 Å². The summed E-state index contributed by atoms with van der Waals surface area (Å²) in [4.78, 5) is 30.9. The van der Waals surface area contributed by atoms with E-state index in [4.69, 9.17) is 21.3 Å². The maximum atomic E-state index is 11.4. The van der Waals surface area contributed by atoms with Crippen LogP contribution in [0.4, 0.5) is 11.4 Å². The number of nitrogens with zero attached hydrogens (tertiary/aromatic N) is 5. The van der Waals surface area contributed by atoms with Gasteiger partial charge in [0.1, 0.15) is 17.6 Å². The maximum Gasteiger partial charge on any atom is 0.180 e. The molecule has 212 valence electrons. The molecule has 1 aliphatic rings. The molecule has 39 heavy (non-hydrogen) atoms. The molecular formula is C29H42ClN7O2. The molecule has 1 aliphatic heterocycles. The maximum absolute atomic E-state index is 11.4. The highest BCUT2D eigenvalue weighted by atomic mass is 35.5.